The molecule has 0 unspecified atom stereocenters. The van der Waals surface area contributed by atoms with Gasteiger partial charge in [-0.3, -0.25) is 4.98 Å². The molecule has 0 saturated heterocycles. The summed E-state index contributed by atoms with van der Waals surface area (Å²) in [4.78, 5) is 13.3. The van der Waals surface area contributed by atoms with Gasteiger partial charge >= 0.3 is 0 Å². The molecule has 6 heteroatoms. The Morgan fingerprint density at radius 3 is 2.81 bits per heavy atom. The maximum absolute atomic E-state index is 6.05. The number of nitrogens with one attached hydrogen (secondary N) is 1. The summed E-state index contributed by atoms with van der Waals surface area (Å²) in [6.45, 7) is 4.31. The van der Waals surface area contributed by atoms with Crippen LogP contribution in [0, 0.1) is 0 Å². The molecule has 0 aliphatic heterocycles. The third-order valence-corrected chi connectivity index (χ3v) is 4.44. The Hall–Kier alpha value is -2.92. The summed E-state index contributed by atoms with van der Waals surface area (Å²) in [5.74, 6) is 0.532. The third-order valence-electron chi connectivity index (χ3n) is 4.21. The minimum Gasteiger partial charge on any atom is -0.343 e. The summed E-state index contributed by atoms with van der Waals surface area (Å²) in [5, 5.41) is 5.00. The van der Waals surface area contributed by atoms with Crippen molar-refractivity contribution in [2.24, 2.45) is 0 Å². The van der Waals surface area contributed by atoms with Gasteiger partial charge in [-0.05, 0) is 44.2 Å². The number of fused-ring (bicyclic) bond motifs is 1. The van der Waals surface area contributed by atoms with Gasteiger partial charge in [0.2, 0.25) is 5.95 Å². The molecule has 0 aliphatic carbocycles. The van der Waals surface area contributed by atoms with E-state index >= 15 is 0 Å². The van der Waals surface area contributed by atoms with Crippen LogP contribution in [0.4, 0.5) is 11.6 Å². The molecule has 0 spiro atoms. The van der Waals surface area contributed by atoms with E-state index in [0.717, 1.165) is 27.8 Å². The molecule has 0 aliphatic rings. The van der Waals surface area contributed by atoms with Crippen molar-refractivity contribution in [3.05, 3.63) is 66.2 Å². The van der Waals surface area contributed by atoms with Gasteiger partial charge in [0.1, 0.15) is 0 Å². The van der Waals surface area contributed by atoms with Crippen molar-refractivity contribution in [1.29, 1.82) is 0 Å². The summed E-state index contributed by atoms with van der Waals surface area (Å²) in [7, 11) is 0. The summed E-state index contributed by atoms with van der Waals surface area (Å²) in [6.07, 6.45) is 7.59. The molecule has 0 atom stereocenters. The standard InChI is InChI=1S/C20H18ClN5/c1-13(2)26-12-17(16-6-8-22-11-19(16)26)18-7-9-23-20(25-18)24-15-5-3-4-14(21)10-15/h3-13H,1-2H3,(H,23,24,25). The molecule has 4 aromatic rings. The average molecular weight is 364 g/mol. The molecule has 26 heavy (non-hydrogen) atoms. The Bertz CT molecular complexity index is 1070. The maximum Gasteiger partial charge on any atom is 0.227 e. The molecule has 130 valence electrons. The molecule has 0 saturated carbocycles. The number of rotatable bonds is 4. The van der Waals surface area contributed by atoms with Gasteiger partial charge < -0.3 is 9.88 Å². The minimum atomic E-state index is 0.335. The van der Waals surface area contributed by atoms with Crippen molar-refractivity contribution in [1.82, 2.24) is 19.5 Å². The van der Waals surface area contributed by atoms with Crippen molar-refractivity contribution in [2.45, 2.75) is 19.9 Å². The van der Waals surface area contributed by atoms with Crippen LogP contribution in [0.5, 0.6) is 0 Å². The number of pyridine rings is 1. The number of anilines is 2. The zero-order valence-electron chi connectivity index (χ0n) is 14.5. The van der Waals surface area contributed by atoms with Gasteiger partial charge in [0.15, 0.2) is 0 Å². The Morgan fingerprint density at radius 1 is 1.12 bits per heavy atom. The molecule has 4 rings (SSSR count). The fourth-order valence-corrected chi connectivity index (χ4v) is 3.18. The number of hydrogen-bond donors (Lipinski definition) is 1. The molecule has 0 amide bonds. The lowest BCUT2D eigenvalue weighted by Gasteiger charge is -2.08. The van der Waals surface area contributed by atoms with Gasteiger partial charge in [-0.1, -0.05) is 17.7 Å². The van der Waals surface area contributed by atoms with E-state index in [-0.39, 0.29) is 0 Å². The monoisotopic (exact) mass is 363 g/mol. The summed E-state index contributed by atoms with van der Waals surface area (Å²) in [6, 6.07) is 11.8. The average Bonchev–Trinajstić information content (AvgIpc) is 3.02. The molecule has 3 aromatic heterocycles. The Kier molecular flexibility index (Phi) is 4.31. The lowest BCUT2D eigenvalue weighted by molar-refractivity contribution is 0.622. The first kappa shape index (κ1) is 16.5. The zero-order valence-corrected chi connectivity index (χ0v) is 15.3. The first-order valence-corrected chi connectivity index (χ1v) is 8.80. The summed E-state index contributed by atoms with van der Waals surface area (Å²) >= 11 is 6.05. The van der Waals surface area contributed by atoms with Crippen molar-refractivity contribution >= 4 is 34.1 Å². The number of benzene rings is 1. The van der Waals surface area contributed by atoms with Gasteiger partial charge in [0.05, 0.1) is 17.4 Å². The molecule has 0 bridgehead atoms. The van der Waals surface area contributed by atoms with Crippen molar-refractivity contribution in [2.75, 3.05) is 5.32 Å². The minimum absolute atomic E-state index is 0.335. The molecule has 1 aromatic carbocycles. The number of halogens is 1. The van der Waals surface area contributed by atoms with E-state index in [2.05, 4.69) is 39.9 Å². The van der Waals surface area contributed by atoms with Gasteiger partial charge in [0, 0.05) is 46.3 Å². The predicted molar refractivity (Wildman–Crippen MR) is 106 cm³/mol. The first-order chi connectivity index (χ1) is 12.6. The van der Waals surface area contributed by atoms with Crippen molar-refractivity contribution in [3.8, 4) is 11.3 Å². The Labute approximate surface area is 156 Å². The summed E-state index contributed by atoms with van der Waals surface area (Å²) in [5.41, 5.74) is 3.87. The highest BCUT2D eigenvalue weighted by Gasteiger charge is 2.13. The van der Waals surface area contributed by atoms with E-state index in [1.54, 1.807) is 6.20 Å². The smallest absolute Gasteiger partial charge is 0.227 e. The van der Waals surface area contributed by atoms with Gasteiger partial charge in [-0.25, -0.2) is 9.97 Å². The maximum atomic E-state index is 6.05. The molecule has 1 N–H and O–H groups in total. The van der Waals surface area contributed by atoms with Crippen LogP contribution in [0.1, 0.15) is 19.9 Å². The van der Waals surface area contributed by atoms with E-state index in [0.29, 0.717) is 17.0 Å². The summed E-state index contributed by atoms with van der Waals surface area (Å²) < 4.78 is 2.21. The molecular formula is C20H18ClN5. The topological polar surface area (TPSA) is 55.6 Å². The lowest BCUT2D eigenvalue weighted by atomic mass is 10.1. The second-order valence-electron chi connectivity index (χ2n) is 6.34. The van der Waals surface area contributed by atoms with Crippen LogP contribution in [-0.4, -0.2) is 19.5 Å². The van der Waals surface area contributed by atoms with Crippen molar-refractivity contribution in [3.63, 3.8) is 0 Å². The van der Waals surface area contributed by atoms with Crippen LogP contribution in [0.25, 0.3) is 22.2 Å². The molecule has 3 heterocycles. The van der Waals surface area contributed by atoms with Crippen LogP contribution in [0.3, 0.4) is 0 Å². The van der Waals surface area contributed by atoms with Crippen LogP contribution < -0.4 is 5.32 Å². The highest BCUT2D eigenvalue weighted by atomic mass is 35.5. The van der Waals surface area contributed by atoms with Gasteiger partial charge in [-0.15, -0.1) is 0 Å². The molecule has 0 radical (unpaired) electrons. The fourth-order valence-electron chi connectivity index (χ4n) is 2.99. The second-order valence-corrected chi connectivity index (χ2v) is 6.77. The van der Waals surface area contributed by atoms with E-state index in [9.17, 15) is 0 Å². The highest BCUT2D eigenvalue weighted by Crippen LogP contribution is 2.31. The van der Waals surface area contributed by atoms with Crippen LogP contribution >= 0.6 is 11.6 Å². The van der Waals surface area contributed by atoms with Crippen LogP contribution in [0.15, 0.2) is 61.2 Å². The molecular weight excluding hydrogens is 346 g/mol. The predicted octanol–water partition coefficient (Wildman–Crippen LogP) is 5.47. The van der Waals surface area contributed by atoms with E-state index in [4.69, 9.17) is 16.6 Å². The SMILES string of the molecule is CC(C)n1cc(-c2ccnc(Nc3cccc(Cl)c3)n2)c2ccncc21. The zero-order chi connectivity index (χ0) is 18.1. The highest BCUT2D eigenvalue weighted by molar-refractivity contribution is 6.30. The second kappa shape index (κ2) is 6.77. The normalized spacial score (nSPS) is 11.2. The van der Waals surface area contributed by atoms with Crippen LogP contribution in [0.2, 0.25) is 5.02 Å². The lowest BCUT2D eigenvalue weighted by Crippen LogP contribution is -1.98. The number of nitrogens with zero attached hydrogens (tertiary/aromatic N) is 4. The number of hydrogen-bond acceptors (Lipinski definition) is 4. The van der Waals surface area contributed by atoms with Crippen molar-refractivity contribution < 1.29 is 0 Å². The fraction of sp³-hybridized carbons (Fsp3) is 0.150. The van der Waals surface area contributed by atoms with Crippen LogP contribution in [-0.2, 0) is 0 Å². The molecule has 0 fully saturated rings. The Balaban J connectivity index is 1.76. The number of aromatic nitrogens is 4. The van der Waals surface area contributed by atoms with E-state index < -0.39 is 0 Å². The molecule has 5 nitrogen and oxygen atoms in total. The Morgan fingerprint density at radius 2 is 2.00 bits per heavy atom. The third kappa shape index (κ3) is 3.13. The quantitative estimate of drug-likeness (QED) is 0.522. The van der Waals surface area contributed by atoms with Gasteiger partial charge in [0.25, 0.3) is 0 Å². The first-order valence-electron chi connectivity index (χ1n) is 8.42. The largest absolute Gasteiger partial charge is 0.343 e. The van der Waals surface area contributed by atoms with E-state index in [1.807, 2.05) is 48.8 Å². The van der Waals surface area contributed by atoms with Gasteiger partial charge in [-0.2, -0.15) is 0 Å². The van der Waals surface area contributed by atoms with E-state index in [1.165, 1.54) is 0 Å².